The SMILES string of the molecule is O=C(N/N=C/[C@H](COCc1ccccc1)NC(=O)[C@H](CC1CCCCC1)NC(=O)N1CCOCC1)c1ccccc1. The highest BCUT2D eigenvalue weighted by Crippen LogP contribution is 2.27. The molecule has 10 heteroatoms. The summed E-state index contributed by atoms with van der Waals surface area (Å²) in [6.07, 6.45) is 7.62. The summed E-state index contributed by atoms with van der Waals surface area (Å²) in [6, 6.07) is 16.9. The number of urea groups is 1. The number of carbonyl (C=O) groups excluding carboxylic acids is 3. The van der Waals surface area contributed by atoms with Crippen LogP contribution in [0, 0.1) is 5.92 Å². The average Bonchev–Trinajstić information content (AvgIpc) is 3.02. The largest absolute Gasteiger partial charge is 0.378 e. The Hall–Kier alpha value is -3.76. The monoisotopic (exact) mass is 563 g/mol. The lowest BCUT2D eigenvalue weighted by Gasteiger charge is -2.31. The Morgan fingerprint density at radius 3 is 2.34 bits per heavy atom. The number of hydrazone groups is 1. The summed E-state index contributed by atoms with van der Waals surface area (Å²) >= 11 is 0. The maximum absolute atomic E-state index is 13.6. The van der Waals surface area contributed by atoms with E-state index in [1.54, 1.807) is 29.2 Å². The summed E-state index contributed by atoms with van der Waals surface area (Å²) in [6.45, 7) is 2.45. The lowest BCUT2D eigenvalue weighted by molar-refractivity contribution is -0.124. The van der Waals surface area contributed by atoms with Crippen molar-refractivity contribution in [2.75, 3.05) is 32.9 Å². The molecule has 0 aromatic heterocycles. The van der Waals surface area contributed by atoms with Crippen LogP contribution in [0.1, 0.15) is 54.4 Å². The van der Waals surface area contributed by atoms with Gasteiger partial charge in [-0.2, -0.15) is 5.10 Å². The van der Waals surface area contributed by atoms with Gasteiger partial charge >= 0.3 is 6.03 Å². The second-order valence-electron chi connectivity index (χ2n) is 10.5. The van der Waals surface area contributed by atoms with Gasteiger partial charge in [-0.25, -0.2) is 10.2 Å². The van der Waals surface area contributed by atoms with E-state index in [9.17, 15) is 14.4 Å². The highest BCUT2D eigenvalue weighted by molar-refractivity contribution is 5.94. The first kappa shape index (κ1) is 30.2. The van der Waals surface area contributed by atoms with Crippen molar-refractivity contribution in [3.63, 3.8) is 0 Å². The van der Waals surface area contributed by atoms with Crippen LogP contribution in [0.15, 0.2) is 65.8 Å². The fraction of sp³-hybridized carbons (Fsp3) is 0.484. The predicted octanol–water partition coefficient (Wildman–Crippen LogP) is 3.48. The molecule has 3 N–H and O–H groups in total. The maximum Gasteiger partial charge on any atom is 0.318 e. The van der Waals surface area contributed by atoms with Gasteiger partial charge in [-0.05, 0) is 30.0 Å². The molecule has 2 aromatic rings. The molecule has 220 valence electrons. The van der Waals surface area contributed by atoms with Gasteiger partial charge in [0.15, 0.2) is 0 Å². The van der Waals surface area contributed by atoms with Crippen molar-refractivity contribution in [1.82, 2.24) is 21.0 Å². The van der Waals surface area contributed by atoms with E-state index in [0.29, 0.717) is 50.8 Å². The van der Waals surface area contributed by atoms with Crippen LogP contribution in [0.2, 0.25) is 0 Å². The number of ether oxygens (including phenoxy) is 2. The molecular formula is C31H41N5O5. The number of nitrogens with zero attached hydrogens (tertiary/aromatic N) is 2. The van der Waals surface area contributed by atoms with E-state index < -0.39 is 12.1 Å². The Morgan fingerprint density at radius 1 is 0.951 bits per heavy atom. The number of carbonyl (C=O) groups is 3. The van der Waals surface area contributed by atoms with Gasteiger partial charge in [0.05, 0.1) is 32.5 Å². The van der Waals surface area contributed by atoms with E-state index in [1.165, 1.54) is 12.6 Å². The van der Waals surface area contributed by atoms with Crippen LogP contribution in [0.3, 0.4) is 0 Å². The van der Waals surface area contributed by atoms with Gasteiger partial charge in [0.25, 0.3) is 5.91 Å². The van der Waals surface area contributed by atoms with Crippen LogP contribution in [0.5, 0.6) is 0 Å². The minimum atomic E-state index is -0.697. The maximum atomic E-state index is 13.6. The van der Waals surface area contributed by atoms with Crippen molar-refractivity contribution < 1.29 is 23.9 Å². The first-order valence-electron chi connectivity index (χ1n) is 14.5. The lowest BCUT2D eigenvalue weighted by atomic mass is 9.84. The zero-order chi connectivity index (χ0) is 28.7. The minimum Gasteiger partial charge on any atom is -0.378 e. The molecule has 2 atom stereocenters. The molecule has 2 aliphatic rings. The van der Waals surface area contributed by atoms with Gasteiger partial charge in [-0.3, -0.25) is 9.59 Å². The highest BCUT2D eigenvalue weighted by atomic mass is 16.5. The van der Waals surface area contributed by atoms with E-state index in [2.05, 4.69) is 21.2 Å². The second kappa shape index (κ2) is 16.5. The van der Waals surface area contributed by atoms with Crippen LogP contribution in [-0.4, -0.2) is 74.0 Å². The zero-order valence-corrected chi connectivity index (χ0v) is 23.5. The Kier molecular flexibility index (Phi) is 12.1. The molecule has 10 nitrogen and oxygen atoms in total. The summed E-state index contributed by atoms with van der Waals surface area (Å²) in [5.41, 5.74) is 3.99. The molecule has 2 aromatic carbocycles. The molecular weight excluding hydrogens is 522 g/mol. The average molecular weight is 564 g/mol. The van der Waals surface area contributed by atoms with Crippen LogP contribution in [0.4, 0.5) is 4.79 Å². The van der Waals surface area contributed by atoms with E-state index in [-0.39, 0.29) is 24.5 Å². The Morgan fingerprint density at radius 2 is 1.63 bits per heavy atom. The fourth-order valence-corrected chi connectivity index (χ4v) is 5.12. The van der Waals surface area contributed by atoms with Crippen molar-refractivity contribution in [3.8, 4) is 0 Å². The molecule has 1 aliphatic heterocycles. The molecule has 0 spiro atoms. The van der Waals surface area contributed by atoms with Crippen molar-refractivity contribution in [2.24, 2.45) is 11.0 Å². The van der Waals surface area contributed by atoms with Crippen molar-refractivity contribution in [2.45, 2.75) is 57.2 Å². The minimum absolute atomic E-state index is 0.138. The number of hydrogen-bond acceptors (Lipinski definition) is 6. The van der Waals surface area contributed by atoms with Crippen LogP contribution < -0.4 is 16.1 Å². The number of morpholine rings is 1. The smallest absolute Gasteiger partial charge is 0.318 e. The summed E-state index contributed by atoms with van der Waals surface area (Å²) in [5, 5.41) is 10.1. The quantitative estimate of drug-likeness (QED) is 0.270. The molecule has 0 radical (unpaired) electrons. The van der Waals surface area contributed by atoms with Crippen LogP contribution in [-0.2, 0) is 20.9 Å². The summed E-state index contributed by atoms with van der Waals surface area (Å²) in [5.74, 6) is -0.285. The fourth-order valence-electron chi connectivity index (χ4n) is 5.12. The summed E-state index contributed by atoms with van der Waals surface area (Å²) in [7, 11) is 0. The number of benzene rings is 2. The third kappa shape index (κ3) is 10.3. The Balaban J connectivity index is 1.41. The zero-order valence-electron chi connectivity index (χ0n) is 23.5. The summed E-state index contributed by atoms with van der Waals surface area (Å²) in [4.78, 5) is 40.8. The molecule has 1 saturated carbocycles. The van der Waals surface area contributed by atoms with Gasteiger partial charge in [-0.1, -0.05) is 80.6 Å². The molecule has 0 unspecified atom stereocenters. The molecule has 1 saturated heterocycles. The standard InChI is InChI=1S/C31H41N5O5/c37-29(26-14-8-3-9-15-26)35-32-21-27(23-41-22-25-12-6-2-7-13-25)33-30(38)28(20-24-10-4-1-5-11-24)34-31(39)36-16-18-40-19-17-36/h2-3,6-9,12-15,21,24,27-28H,1,4-5,10-11,16-20,22-23H2,(H,33,38)(H,34,39)(H,35,37)/b32-21+/t27-,28+/m1/s1. The molecule has 1 heterocycles. The first-order chi connectivity index (χ1) is 20.1. The molecule has 1 aliphatic carbocycles. The Bertz CT molecular complexity index is 1120. The lowest BCUT2D eigenvalue weighted by Crippen LogP contribution is -2.56. The van der Waals surface area contributed by atoms with E-state index in [4.69, 9.17) is 9.47 Å². The third-order valence-electron chi connectivity index (χ3n) is 7.40. The molecule has 41 heavy (non-hydrogen) atoms. The number of amides is 4. The van der Waals surface area contributed by atoms with Gasteiger partial charge < -0.3 is 25.0 Å². The van der Waals surface area contributed by atoms with Gasteiger partial charge in [-0.15, -0.1) is 0 Å². The number of nitrogens with one attached hydrogen (secondary N) is 3. The van der Waals surface area contributed by atoms with E-state index >= 15 is 0 Å². The van der Waals surface area contributed by atoms with Gasteiger partial charge in [0.1, 0.15) is 6.04 Å². The second-order valence-corrected chi connectivity index (χ2v) is 10.5. The van der Waals surface area contributed by atoms with E-state index in [0.717, 1.165) is 31.2 Å². The van der Waals surface area contributed by atoms with Crippen LogP contribution >= 0.6 is 0 Å². The summed E-state index contributed by atoms with van der Waals surface area (Å²) < 4.78 is 11.3. The third-order valence-corrected chi connectivity index (χ3v) is 7.40. The van der Waals surface area contributed by atoms with E-state index in [1.807, 2.05) is 36.4 Å². The molecule has 4 rings (SSSR count). The first-order valence-corrected chi connectivity index (χ1v) is 14.5. The number of hydrogen-bond donors (Lipinski definition) is 3. The number of rotatable bonds is 12. The van der Waals surface area contributed by atoms with Crippen molar-refractivity contribution >= 4 is 24.1 Å². The Labute approximate surface area is 241 Å². The van der Waals surface area contributed by atoms with Gasteiger partial charge in [0.2, 0.25) is 5.91 Å². The van der Waals surface area contributed by atoms with Crippen molar-refractivity contribution in [3.05, 3.63) is 71.8 Å². The molecule has 4 amide bonds. The topological polar surface area (TPSA) is 121 Å². The predicted molar refractivity (Wildman–Crippen MR) is 156 cm³/mol. The van der Waals surface area contributed by atoms with Crippen molar-refractivity contribution in [1.29, 1.82) is 0 Å². The molecule has 2 fully saturated rings. The normalized spacial score (nSPS) is 17.5. The van der Waals surface area contributed by atoms with Crippen LogP contribution in [0.25, 0.3) is 0 Å². The highest BCUT2D eigenvalue weighted by Gasteiger charge is 2.29. The molecule has 0 bridgehead atoms. The van der Waals surface area contributed by atoms with Gasteiger partial charge in [0, 0.05) is 24.9 Å².